The van der Waals surface area contributed by atoms with E-state index in [9.17, 15) is 15.0 Å². The zero-order valence-corrected chi connectivity index (χ0v) is 12.7. The number of carbonyl (C=O) groups is 1. The van der Waals surface area contributed by atoms with E-state index in [0.29, 0.717) is 11.3 Å². The van der Waals surface area contributed by atoms with E-state index in [2.05, 4.69) is 21.2 Å². The van der Waals surface area contributed by atoms with Crippen LogP contribution in [0.1, 0.15) is 5.56 Å². The number of phenolic OH excluding ortho intramolecular Hbond substituents is 2. The summed E-state index contributed by atoms with van der Waals surface area (Å²) in [4.78, 5) is 12.1. The SMILES string of the molecule is N[C@@H](Cc1ccc(O)c(O)c1)C(=O)Nc1ccccc1Br. The first-order chi connectivity index (χ1) is 9.97. The summed E-state index contributed by atoms with van der Waals surface area (Å²) in [5, 5.41) is 21.4. The minimum Gasteiger partial charge on any atom is -0.504 e. The van der Waals surface area contributed by atoms with Crippen LogP contribution in [0.4, 0.5) is 5.69 Å². The van der Waals surface area contributed by atoms with E-state index in [-0.39, 0.29) is 23.8 Å². The number of aromatic hydroxyl groups is 2. The monoisotopic (exact) mass is 350 g/mol. The van der Waals surface area contributed by atoms with Crippen molar-refractivity contribution >= 4 is 27.5 Å². The number of benzene rings is 2. The van der Waals surface area contributed by atoms with E-state index >= 15 is 0 Å². The quantitative estimate of drug-likeness (QED) is 0.636. The molecule has 0 unspecified atom stereocenters. The number of nitrogens with two attached hydrogens (primary N) is 1. The second-order valence-corrected chi connectivity index (χ2v) is 5.46. The highest BCUT2D eigenvalue weighted by Gasteiger charge is 2.16. The maximum atomic E-state index is 12.1. The van der Waals surface area contributed by atoms with E-state index in [1.807, 2.05) is 18.2 Å². The van der Waals surface area contributed by atoms with Gasteiger partial charge in [0.15, 0.2) is 11.5 Å². The van der Waals surface area contributed by atoms with Crippen molar-refractivity contribution in [2.75, 3.05) is 5.32 Å². The summed E-state index contributed by atoms with van der Waals surface area (Å²) in [6, 6.07) is 10.8. The van der Waals surface area contributed by atoms with Gasteiger partial charge in [-0.3, -0.25) is 4.79 Å². The number of halogens is 1. The number of rotatable bonds is 4. The number of amides is 1. The number of para-hydroxylation sites is 1. The molecular weight excluding hydrogens is 336 g/mol. The Labute approximate surface area is 130 Å². The van der Waals surface area contributed by atoms with Crippen LogP contribution in [0.5, 0.6) is 11.5 Å². The van der Waals surface area contributed by atoms with Gasteiger partial charge in [0.2, 0.25) is 5.91 Å². The lowest BCUT2D eigenvalue weighted by Crippen LogP contribution is -2.37. The van der Waals surface area contributed by atoms with E-state index in [1.54, 1.807) is 12.1 Å². The average Bonchev–Trinajstić information content (AvgIpc) is 2.45. The lowest BCUT2D eigenvalue weighted by atomic mass is 10.1. The van der Waals surface area contributed by atoms with E-state index in [1.165, 1.54) is 12.1 Å². The summed E-state index contributed by atoms with van der Waals surface area (Å²) in [5.74, 6) is -0.759. The number of carbonyl (C=O) groups excluding carboxylic acids is 1. The Morgan fingerprint density at radius 1 is 1.19 bits per heavy atom. The van der Waals surface area contributed by atoms with Crippen molar-refractivity contribution in [3.8, 4) is 11.5 Å². The Morgan fingerprint density at radius 3 is 2.57 bits per heavy atom. The number of hydrogen-bond donors (Lipinski definition) is 4. The normalized spacial score (nSPS) is 11.9. The Kier molecular flexibility index (Phi) is 4.82. The van der Waals surface area contributed by atoms with Gasteiger partial charge < -0.3 is 21.3 Å². The highest BCUT2D eigenvalue weighted by Crippen LogP contribution is 2.25. The summed E-state index contributed by atoms with van der Waals surface area (Å²) >= 11 is 3.34. The van der Waals surface area contributed by atoms with Crippen molar-refractivity contribution < 1.29 is 15.0 Å². The Balaban J connectivity index is 2.02. The van der Waals surface area contributed by atoms with Crippen LogP contribution in [0.25, 0.3) is 0 Å². The van der Waals surface area contributed by atoms with Gasteiger partial charge in [-0.05, 0) is 52.2 Å². The molecule has 2 aromatic rings. The molecule has 0 aliphatic carbocycles. The van der Waals surface area contributed by atoms with Crippen molar-refractivity contribution in [1.29, 1.82) is 0 Å². The van der Waals surface area contributed by atoms with Crippen molar-refractivity contribution in [1.82, 2.24) is 0 Å². The largest absolute Gasteiger partial charge is 0.504 e. The van der Waals surface area contributed by atoms with E-state index in [4.69, 9.17) is 5.73 Å². The number of anilines is 1. The van der Waals surface area contributed by atoms with Gasteiger partial charge in [-0.15, -0.1) is 0 Å². The Morgan fingerprint density at radius 2 is 1.90 bits per heavy atom. The maximum Gasteiger partial charge on any atom is 0.241 e. The molecule has 1 amide bonds. The molecule has 0 aromatic heterocycles. The molecule has 1 atom stereocenters. The van der Waals surface area contributed by atoms with Gasteiger partial charge in [0, 0.05) is 4.47 Å². The number of nitrogens with one attached hydrogen (secondary N) is 1. The third-order valence-electron chi connectivity index (χ3n) is 2.96. The topological polar surface area (TPSA) is 95.6 Å². The summed E-state index contributed by atoms with van der Waals surface area (Å²) in [6.45, 7) is 0. The zero-order chi connectivity index (χ0) is 15.4. The van der Waals surface area contributed by atoms with Crippen LogP contribution >= 0.6 is 15.9 Å². The van der Waals surface area contributed by atoms with E-state index in [0.717, 1.165) is 4.47 Å². The summed E-state index contributed by atoms with van der Waals surface area (Å²) in [7, 11) is 0. The minimum absolute atomic E-state index is 0.204. The molecule has 5 nitrogen and oxygen atoms in total. The van der Waals surface area contributed by atoms with Crippen LogP contribution in [0.15, 0.2) is 46.9 Å². The molecular formula is C15H15BrN2O3. The predicted molar refractivity (Wildman–Crippen MR) is 84.2 cm³/mol. The molecule has 2 rings (SSSR count). The fourth-order valence-electron chi connectivity index (χ4n) is 1.83. The molecule has 6 heteroatoms. The van der Waals surface area contributed by atoms with Crippen LogP contribution < -0.4 is 11.1 Å². The van der Waals surface area contributed by atoms with E-state index < -0.39 is 6.04 Å². The van der Waals surface area contributed by atoms with Crippen molar-refractivity contribution in [2.24, 2.45) is 5.73 Å². The Hall–Kier alpha value is -2.05. The first kappa shape index (κ1) is 15.3. The lowest BCUT2D eigenvalue weighted by molar-refractivity contribution is -0.117. The summed E-state index contributed by atoms with van der Waals surface area (Å²) in [6.07, 6.45) is 0.254. The smallest absolute Gasteiger partial charge is 0.241 e. The second-order valence-electron chi connectivity index (χ2n) is 4.60. The van der Waals surface area contributed by atoms with Gasteiger partial charge in [0.05, 0.1) is 11.7 Å². The molecule has 0 spiro atoms. The fraction of sp³-hybridized carbons (Fsp3) is 0.133. The number of phenols is 2. The molecule has 0 heterocycles. The molecule has 0 aliphatic heterocycles. The highest BCUT2D eigenvalue weighted by molar-refractivity contribution is 9.10. The Bertz CT molecular complexity index is 661. The molecule has 2 aromatic carbocycles. The van der Waals surface area contributed by atoms with Crippen molar-refractivity contribution in [2.45, 2.75) is 12.5 Å². The molecule has 0 radical (unpaired) electrons. The first-order valence-electron chi connectivity index (χ1n) is 6.29. The summed E-state index contributed by atoms with van der Waals surface area (Å²) in [5.41, 5.74) is 7.18. The molecule has 0 bridgehead atoms. The third-order valence-corrected chi connectivity index (χ3v) is 3.66. The van der Waals surface area contributed by atoms with Gasteiger partial charge in [-0.2, -0.15) is 0 Å². The molecule has 0 saturated carbocycles. The molecule has 0 aliphatic rings. The minimum atomic E-state index is -0.763. The van der Waals surface area contributed by atoms with Crippen molar-refractivity contribution in [3.05, 3.63) is 52.5 Å². The van der Waals surface area contributed by atoms with Crippen LogP contribution in [-0.2, 0) is 11.2 Å². The van der Waals surface area contributed by atoms with Gasteiger partial charge in [0.1, 0.15) is 0 Å². The lowest BCUT2D eigenvalue weighted by Gasteiger charge is -2.13. The third kappa shape index (κ3) is 3.96. The first-order valence-corrected chi connectivity index (χ1v) is 7.08. The predicted octanol–water partition coefficient (Wildman–Crippen LogP) is 2.37. The van der Waals surface area contributed by atoms with Crippen LogP contribution in [0, 0.1) is 0 Å². The molecule has 0 fully saturated rings. The molecule has 21 heavy (non-hydrogen) atoms. The highest BCUT2D eigenvalue weighted by atomic mass is 79.9. The molecule has 110 valence electrons. The average molecular weight is 351 g/mol. The standard InChI is InChI=1S/C15H15BrN2O3/c16-10-3-1-2-4-12(10)18-15(21)11(17)7-9-5-6-13(19)14(20)8-9/h1-6,8,11,19-20H,7,17H2,(H,18,21)/t11-/m0/s1. The molecule has 5 N–H and O–H groups in total. The fourth-order valence-corrected chi connectivity index (χ4v) is 2.21. The van der Waals surface area contributed by atoms with Gasteiger partial charge in [0.25, 0.3) is 0 Å². The van der Waals surface area contributed by atoms with Crippen LogP contribution in [0.3, 0.4) is 0 Å². The van der Waals surface area contributed by atoms with Gasteiger partial charge in [-0.25, -0.2) is 0 Å². The molecule has 0 saturated heterocycles. The van der Waals surface area contributed by atoms with Crippen LogP contribution in [0.2, 0.25) is 0 Å². The second kappa shape index (κ2) is 6.60. The summed E-state index contributed by atoms with van der Waals surface area (Å²) < 4.78 is 0.771. The zero-order valence-electron chi connectivity index (χ0n) is 11.1. The number of hydrogen-bond acceptors (Lipinski definition) is 4. The van der Waals surface area contributed by atoms with Crippen LogP contribution in [-0.4, -0.2) is 22.2 Å². The van der Waals surface area contributed by atoms with Gasteiger partial charge >= 0.3 is 0 Å². The maximum absolute atomic E-state index is 12.1. The van der Waals surface area contributed by atoms with Gasteiger partial charge in [-0.1, -0.05) is 18.2 Å². The van der Waals surface area contributed by atoms with Crippen molar-refractivity contribution in [3.63, 3.8) is 0 Å².